The van der Waals surface area contributed by atoms with Gasteiger partial charge in [-0.1, -0.05) is 26.0 Å². The second-order valence-electron chi connectivity index (χ2n) is 6.42. The van der Waals surface area contributed by atoms with E-state index >= 15 is 0 Å². The van der Waals surface area contributed by atoms with E-state index in [-0.39, 0.29) is 24.0 Å². The van der Waals surface area contributed by atoms with Crippen molar-refractivity contribution in [2.24, 2.45) is 10.9 Å². The Bertz CT molecular complexity index is 517. The zero-order valence-electron chi connectivity index (χ0n) is 15.7. The molecule has 1 fully saturated rings. The minimum atomic E-state index is 0. The van der Waals surface area contributed by atoms with E-state index in [1.807, 2.05) is 12.1 Å². The van der Waals surface area contributed by atoms with Crippen molar-refractivity contribution in [2.75, 3.05) is 39.3 Å². The highest BCUT2D eigenvalue weighted by Crippen LogP contribution is 2.18. The Kier molecular flexibility index (Phi) is 10.2. The molecule has 0 saturated carbocycles. The van der Waals surface area contributed by atoms with E-state index < -0.39 is 0 Å². The molecule has 0 amide bonds. The zero-order chi connectivity index (χ0) is 17.4. The first-order valence-corrected chi connectivity index (χ1v) is 9.19. The van der Waals surface area contributed by atoms with Gasteiger partial charge >= 0.3 is 0 Å². The van der Waals surface area contributed by atoms with Gasteiger partial charge in [0.1, 0.15) is 5.75 Å². The predicted molar refractivity (Wildman–Crippen MR) is 116 cm³/mol. The molecule has 0 spiro atoms. The van der Waals surface area contributed by atoms with Gasteiger partial charge < -0.3 is 20.2 Å². The van der Waals surface area contributed by atoms with Crippen molar-refractivity contribution in [1.82, 2.24) is 15.1 Å². The van der Waals surface area contributed by atoms with Crippen molar-refractivity contribution >= 4 is 29.9 Å². The lowest BCUT2D eigenvalue weighted by Gasteiger charge is -2.24. The maximum Gasteiger partial charge on any atom is 0.194 e. The average Bonchev–Trinajstić information content (AvgIpc) is 3.06. The van der Waals surface area contributed by atoms with E-state index in [1.165, 1.54) is 13.0 Å². The quantitative estimate of drug-likeness (QED) is 0.373. The summed E-state index contributed by atoms with van der Waals surface area (Å²) in [6.45, 7) is 13.7. The van der Waals surface area contributed by atoms with Crippen LogP contribution in [-0.2, 0) is 6.54 Å². The Balaban J connectivity index is 0.00000312. The van der Waals surface area contributed by atoms with E-state index in [0.717, 1.165) is 50.2 Å². The molecule has 0 radical (unpaired) electrons. The van der Waals surface area contributed by atoms with E-state index in [4.69, 9.17) is 4.99 Å². The van der Waals surface area contributed by atoms with E-state index in [2.05, 4.69) is 35.9 Å². The monoisotopic (exact) mass is 460 g/mol. The van der Waals surface area contributed by atoms with Crippen molar-refractivity contribution in [2.45, 2.75) is 33.7 Å². The summed E-state index contributed by atoms with van der Waals surface area (Å²) >= 11 is 0. The Morgan fingerprint density at radius 3 is 2.52 bits per heavy atom. The van der Waals surface area contributed by atoms with Gasteiger partial charge in [-0.05, 0) is 50.0 Å². The van der Waals surface area contributed by atoms with E-state index in [1.54, 1.807) is 12.1 Å². The Hall–Kier alpha value is -1.02. The molecule has 1 atom stereocenters. The van der Waals surface area contributed by atoms with Crippen LogP contribution >= 0.6 is 24.0 Å². The number of aromatic hydroxyl groups is 1. The van der Waals surface area contributed by atoms with Gasteiger partial charge in [-0.25, -0.2) is 4.99 Å². The average molecular weight is 460 g/mol. The van der Waals surface area contributed by atoms with Crippen molar-refractivity contribution in [1.29, 1.82) is 0 Å². The van der Waals surface area contributed by atoms with Crippen LogP contribution in [0.3, 0.4) is 0 Å². The first kappa shape index (κ1) is 22.0. The van der Waals surface area contributed by atoms with Gasteiger partial charge in [0, 0.05) is 26.2 Å². The first-order chi connectivity index (χ1) is 11.7. The fourth-order valence-corrected chi connectivity index (χ4v) is 3.21. The summed E-state index contributed by atoms with van der Waals surface area (Å²) in [6, 6.07) is 7.28. The summed E-state index contributed by atoms with van der Waals surface area (Å²) in [7, 11) is 0. The smallest absolute Gasteiger partial charge is 0.194 e. The molecule has 25 heavy (non-hydrogen) atoms. The van der Waals surface area contributed by atoms with Crippen molar-refractivity contribution in [3.8, 4) is 5.75 Å². The second-order valence-corrected chi connectivity index (χ2v) is 6.42. The number of benzene rings is 1. The lowest BCUT2D eigenvalue weighted by atomic mass is 10.1. The molecule has 1 saturated heterocycles. The molecule has 2 N–H and O–H groups in total. The lowest BCUT2D eigenvalue weighted by Crippen LogP contribution is -2.40. The van der Waals surface area contributed by atoms with Crippen LogP contribution in [0.4, 0.5) is 0 Å². The Morgan fingerprint density at radius 1 is 1.24 bits per heavy atom. The largest absolute Gasteiger partial charge is 0.508 e. The number of hydrogen-bond donors (Lipinski definition) is 2. The third-order valence-corrected chi connectivity index (χ3v) is 4.68. The lowest BCUT2D eigenvalue weighted by molar-refractivity contribution is 0.255. The van der Waals surface area contributed by atoms with Crippen LogP contribution in [0.5, 0.6) is 5.75 Å². The molecule has 0 aliphatic carbocycles. The number of nitrogens with zero attached hydrogens (tertiary/aromatic N) is 3. The maximum atomic E-state index is 9.37. The molecule has 0 bridgehead atoms. The normalized spacial score (nSPS) is 17.7. The number of aliphatic imine (C=N–C) groups is 1. The van der Waals surface area contributed by atoms with Crippen molar-refractivity contribution in [3.05, 3.63) is 29.8 Å². The highest BCUT2D eigenvalue weighted by molar-refractivity contribution is 14.0. The van der Waals surface area contributed by atoms with Gasteiger partial charge in [0.05, 0.1) is 6.54 Å². The van der Waals surface area contributed by atoms with Crippen molar-refractivity contribution < 1.29 is 5.11 Å². The molecule has 6 heteroatoms. The van der Waals surface area contributed by atoms with Gasteiger partial charge in [-0.3, -0.25) is 0 Å². The molecule has 1 aromatic carbocycles. The zero-order valence-corrected chi connectivity index (χ0v) is 18.1. The van der Waals surface area contributed by atoms with Crippen LogP contribution in [0.25, 0.3) is 0 Å². The van der Waals surface area contributed by atoms with Crippen LogP contribution in [0, 0.1) is 5.92 Å². The Labute approximate surface area is 169 Å². The summed E-state index contributed by atoms with van der Waals surface area (Å²) in [5, 5.41) is 12.8. The van der Waals surface area contributed by atoms with Gasteiger partial charge in [0.2, 0.25) is 0 Å². The van der Waals surface area contributed by atoms with Crippen LogP contribution < -0.4 is 5.32 Å². The molecule has 1 unspecified atom stereocenters. The van der Waals surface area contributed by atoms with Crippen molar-refractivity contribution in [3.63, 3.8) is 0 Å². The number of hydrogen-bond acceptors (Lipinski definition) is 3. The van der Waals surface area contributed by atoms with Crippen LogP contribution in [0.15, 0.2) is 29.3 Å². The standard InChI is InChI=1S/C19H32N4O.HI/c1-4-20-19(21-13-16-7-9-18(24)10-8-16)23-12-11-17(15-23)14-22(5-2)6-3;/h7-10,17,24H,4-6,11-15H2,1-3H3,(H,20,21);1H. The molecular formula is C19H33IN4O. The van der Waals surface area contributed by atoms with Gasteiger partial charge in [0.25, 0.3) is 0 Å². The fraction of sp³-hybridized carbons (Fsp3) is 0.632. The molecule has 142 valence electrons. The molecule has 1 heterocycles. The van der Waals surface area contributed by atoms with Gasteiger partial charge in [-0.2, -0.15) is 0 Å². The molecule has 1 aliphatic heterocycles. The fourth-order valence-electron chi connectivity index (χ4n) is 3.21. The summed E-state index contributed by atoms with van der Waals surface area (Å²) in [4.78, 5) is 9.68. The van der Waals surface area contributed by atoms with E-state index in [9.17, 15) is 5.11 Å². The van der Waals surface area contributed by atoms with Crippen LogP contribution in [-0.4, -0.2) is 60.1 Å². The van der Waals surface area contributed by atoms with Crippen LogP contribution in [0.2, 0.25) is 0 Å². The number of guanidine groups is 1. The maximum absolute atomic E-state index is 9.37. The van der Waals surface area contributed by atoms with E-state index in [0.29, 0.717) is 12.3 Å². The number of nitrogens with one attached hydrogen (secondary N) is 1. The predicted octanol–water partition coefficient (Wildman–Crippen LogP) is 3.14. The molecular weight excluding hydrogens is 427 g/mol. The molecule has 1 aromatic rings. The molecule has 0 aromatic heterocycles. The molecule has 5 nitrogen and oxygen atoms in total. The molecule has 1 aliphatic rings. The first-order valence-electron chi connectivity index (χ1n) is 9.19. The summed E-state index contributed by atoms with van der Waals surface area (Å²) < 4.78 is 0. The molecule has 2 rings (SSSR count). The second kappa shape index (κ2) is 11.6. The van der Waals surface area contributed by atoms with Gasteiger partial charge in [0.15, 0.2) is 5.96 Å². The topological polar surface area (TPSA) is 51.1 Å². The highest BCUT2D eigenvalue weighted by atomic mass is 127. The Morgan fingerprint density at radius 2 is 1.92 bits per heavy atom. The number of halogens is 1. The summed E-state index contributed by atoms with van der Waals surface area (Å²) in [5.41, 5.74) is 1.11. The number of rotatable bonds is 7. The number of phenolic OH excluding ortho intramolecular Hbond substituents is 1. The third-order valence-electron chi connectivity index (χ3n) is 4.68. The number of phenols is 1. The number of likely N-dealkylation sites (tertiary alicyclic amines) is 1. The van der Waals surface area contributed by atoms with Crippen LogP contribution in [0.1, 0.15) is 32.8 Å². The highest BCUT2D eigenvalue weighted by Gasteiger charge is 2.25. The van der Waals surface area contributed by atoms with Gasteiger partial charge in [-0.15, -0.1) is 24.0 Å². The summed E-state index contributed by atoms with van der Waals surface area (Å²) in [5.74, 6) is 2.03. The minimum absolute atomic E-state index is 0. The summed E-state index contributed by atoms with van der Waals surface area (Å²) in [6.07, 6.45) is 1.24. The SMILES string of the molecule is CCNC(=NCc1ccc(O)cc1)N1CCC(CN(CC)CC)C1.I. The minimum Gasteiger partial charge on any atom is -0.508 e. The third kappa shape index (κ3) is 7.01.